The van der Waals surface area contributed by atoms with Crippen LogP contribution in [-0.2, 0) is 15.2 Å². The van der Waals surface area contributed by atoms with Gasteiger partial charge in [-0.3, -0.25) is 0 Å². The number of hydrogen-bond donors (Lipinski definition) is 2. The Labute approximate surface area is 438 Å². The van der Waals surface area contributed by atoms with Crippen molar-refractivity contribution in [3.8, 4) is 11.5 Å². The van der Waals surface area contributed by atoms with E-state index < -0.39 is 28.6 Å². The number of rotatable bonds is 15. The van der Waals surface area contributed by atoms with Gasteiger partial charge >= 0.3 is 28.6 Å². The van der Waals surface area contributed by atoms with Crippen molar-refractivity contribution in [3.63, 3.8) is 0 Å². The van der Waals surface area contributed by atoms with Gasteiger partial charge < -0.3 is 29.8 Å². The van der Waals surface area contributed by atoms with Crippen molar-refractivity contribution >= 4 is 85.1 Å². The van der Waals surface area contributed by atoms with E-state index in [0.717, 1.165) is 42.3 Å². The second-order valence-electron chi connectivity index (χ2n) is 19.6. The third kappa shape index (κ3) is 11.7. The summed E-state index contributed by atoms with van der Waals surface area (Å²) in [5, 5.41) is 3.94. The number of nitrogens with zero attached hydrogens (tertiary/aromatic N) is 2. The highest BCUT2D eigenvalue weighted by Gasteiger charge is 2.54. The van der Waals surface area contributed by atoms with Crippen LogP contribution in [0, 0.1) is 20.8 Å². The van der Waals surface area contributed by atoms with E-state index in [2.05, 4.69) is 100 Å². The van der Waals surface area contributed by atoms with Gasteiger partial charge in [0.1, 0.15) is 22.6 Å². The first-order valence-corrected chi connectivity index (χ1v) is 28.9. The van der Waals surface area contributed by atoms with Gasteiger partial charge in [-0.05, 0) is 92.6 Å². The van der Waals surface area contributed by atoms with Crippen LogP contribution in [0.15, 0.2) is 179 Å². The van der Waals surface area contributed by atoms with Crippen LogP contribution < -0.4 is 41.1 Å². The minimum Gasteiger partial charge on any atom is -0.533 e. The number of thioether (sulfide) groups is 1. The minimum absolute atomic E-state index is 0.251. The molecule has 0 bridgehead atoms. The molecule has 7 aromatic carbocycles. The summed E-state index contributed by atoms with van der Waals surface area (Å²) in [4.78, 5) is 36.4. The van der Waals surface area contributed by atoms with Crippen LogP contribution in [0.1, 0.15) is 84.5 Å². The first kappa shape index (κ1) is 55.1. The molecular weight excluding hydrogens is 961 g/mol. The Morgan fingerprint density at radius 2 is 0.849 bits per heavy atom. The van der Waals surface area contributed by atoms with Crippen molar-refractivity contribution < 1.29 is 27.9 Å². The molecule has 0 saturated carbocycles. The standard InChI is InChI=1S/C33H36N2O3SSi.C27H32N2O3Si/c1-24-21-29(30(32(36)37-5)28(31(24)35-23-34)22-39-25-15-9-6-10-16-25)38-40(33(2,3)4,26-17-11-7-12-18-26)27-19-13-8-14-20-27;1-19-17-23(24(26(30)31-6)20(2)25(19)29-18-28)32-33(27(3,4)5,21-13-9-7-10-14-21)22-15-11-8-12-16-22/h6-21,23H,22H2,1-5H3,(H2,34,35);7-18H,1-6H3,(H2,28,29). The van der Waals surface area contributed by atoms with E-state index in [4.69, 9.17) is 29.8 Å². The first-order chi connectivity index (χ1) is 34.9. The lowest BCUT2D eigenvalue weighted by molar-refractivity contribution is 0.0588. The molecule has 0 atom stereocenters. The Morgan fingerprint density at radius 3 is 1.21 bits per heavy atom. The molecule has 0 amide bonds. The fourth-order valence-corrected chi connectivity index (χ4v) is 19.4. The van der Waals surface area contributed by atoms with Gasteiger partial charge in [0.15, 0.2) is 0 Å². The normalized spacial score (nSPS) is 12.0. The topological polar surface area (TPSA) is 148 Å². The predicted octanol–water partition coefficient (Wildman–Crippen LogP) is 11.3. The number of methoxy groups -OCH3 is 2. The third-order valence-electron chi connectivity index (χ3n) is 12.9. The number of hydrogen-bond acceptors (Lipinski definition) is 9. The zero-order valence-electron chi connectivity index (χ0n) is 43.9. The van der Waals surface area contributed by atoms with Gasteiger partial charge in [-0.2, -0.15) is 0 Å². The predicted molar refractivity (Wildman–Crippen MR) is 307 cm³/mol. The largest absolute Gasteiger partial charge is 0.533 e. The van der Waals surface area contributed by atoms with Gasteiger partial charge in [-0.25, -0.2) is 19.6 Å². The number of ether oxygens (including phenoxy) is 2. The first-order valence-electron chi connectivity index (χ1n) is 24.1. The summed E-state index contributed by atoms with van der Waals surface area (Å²) in [5.74, 6) is 0.555. The molecule has 7 aromatic rings. The Bertz CT molecular complexity index is 2960. The number of nitrogens with two attached hydrogens (primary N) is 2. The Balaban J connectivity index is 0.000000243. The van der Waals surface area contributed by atoms with E-state index in [0.29, 0.717) is 45.3 Å². The van der Waals surface area contributed by atoms with Crippen LogP contribution in [0.4, 0.5) is 11.4 Å². The SMILES string of the molecule is COC(=O)c1c(O[Si](c2ccccc2)(c2ccccc2)C(C)(C)C)cc(C)c(N=CN)c1C.COC(=O)c1c(O[Si](c2ccccc2)(c2ccccc2)C(C)(C)C)cc(C)c(N=CN)c1CSc1ccccc1. The minimum atomic E-state index is -3.03. The van der Waals surface area contributed by atoms with Gasteiger partial charge in [-0.15, -0.1) is 11.8 Å². The maximum atomic E-state index is 13.6. The average molecular weight is 1030 g/mol. The molecule has 0 saturated heterocycles. The summed E-state index contributed by atoms with van der Waals surface area (Å²) >= 11 is 1.62. The lowest BCUT2D eigenvalue weighted by Crippen LogP contribution is -2.69. The van der Waals surface area contributed by atoms with E-state index in [9.17, 15) is 9.59 Å². The van der Waals surface area contributed by atoms with Crippen LogP contribution in [-0.4, -0.2) is 55.5 Å². The molecule has 0 unspecified atom stereocenters. The lowest BCUT2D eigenvalue weighted by atomic mass is 10.0. The number of carbonyl (C=O) groups excluding carboxylic acids is 2. The highest BCUT2D eigenvalue weighted by Crippen LogP contribution is 2.44. The molecular formula is C60H68N4O6SSi2. The Morgan fingerprint density at radius 1 is 0.521 bits per heavy atom. The zero-order valence-corrected chi connectivity index (χ0v) is 46.7. The van der Waals surface area contributed by atoms with Crippen LogP contribution in [0.2, 0.25) is 10.1 Å². The molecule has 0 radical (unpaired) electrons. The second kappa shape index (κ2) is 24.0. The van der Waals surface area contributed by atoms with Crippen LogP contribution in [0.3, 0.4) is 0 Å². The molecule has 4 N–H and O–H groups in total. The molecule has 0 aliphatic carbocycles. The molecule has 0 aromatic heterocycles. The Hall–Kier alpha value is -7.20. The number of aliphatic imine (C=N–C) groups is 2. The van der Waals surface area contributed by atoms with Crippen LogP contribution >= 0.6 is 11.8 Å². The van der Waals surface area contributed by atoms with Gasteiger partial charge in [0.25, 0.3) is 0 Å². The molecule has 378 valence electrons. The molecule has 0 aliphatic rings. The number of carbonyl (C=O) groups is 2. The van der Waals surface area contributed by atoms with Gasteiger partial charge in [0, 0.05) is 16.2 Å². The highest BCUT2D eigenvalue weighted by atomic mass is 32.2. The average Bonchev–Trinajstić information content (AvgIpc) is 3.39. The molecule has 0 spiro atoms. The number of benzene rings is 7. The van der Waals surface area contributed by atoms with Gasteiger partial charge in [0.05, 0.1) is 38.3 Å². The zero-order chi connectivity index (χ0) is 53.0. The van der Waals surface area contributed by atoms with Crippen molar-refractivity contribution in [2.75, 3.05) is 14.2 Å². The second-order valence-corrected chi connectivity index (χ2v) is 29.1. The van der Waals surface area contributed by atoms with Crippen molar-refractivity contribution in [2.45, 2.75) is 83.0 Å². The molecule has 73 heavy (non-hydrogen) atoms. The fourth-order valence-electron chi connectivity index (χ4n) is 9.59. The maximum absolute atomic E-state index is 13.6. The van der Waals surface area contributed by atoms with Crippen molar-refractivity contribution in [1.82, 2.24) is 0 Å². The van der Waals surface area contributed by atoms with Crippen LogP contribution in [0.5, 0.6) is 11.5 Å². The summed E-state index contributed by atoms with van der Waals surface area (Å²) in [7, 11) is -3.19. The van der Waals surface area contributed by atoms with E-state index >= 15 is 0 Å². The molecule has 0 fully saturated rings. The van der Waals surface area contributed by atoms with Gasteiger partial charge in [0.2, 0.25) is 0 Å². The molecule has 13 heteroatoms. The van der Waals surface area contributed by atoms with E-state index in [1.165, 1.54) is 26.9 Å². The molecule has 0 aliphatic heterocycles. The monoisotopic (exact) mass is 1030 g/mol. The molecule has 10 nitrogen and oxygen atoms in total. The van der Waals surface area contributed by atoms with Gasteiger partial charge in [-0.1, -0.05) is 181 Å². The smallest absolute Gasteiger partial charge is 0.341 e. The van der Waals surface area contributed by atoms with E-state index in [1.54, 1.807) is 11.8 Å². The fraction of sp³-hybridized carbons (Fsp3) is 0.233. The number of esters is 2. The molecule has 7 rings (SSSR count). The lowest BCUT2D eigenvalue weighted by Gasteiger charge is -2.43. The quantitative estimate of drug-likeness (QED) is 0.0337. The Kier molecular flexibility index (Phi) is 18.1. The summed E-state index contributed by atoms with van der Waals surface area (Å²) in [6, 6.07) is 55.2. The van der Waals surface area contributed by atoms with E-state index in [-0.39, 0.29) is 10.1 Å². The maximum Gasteiger partial charge on any atom is 0.341 e. The van der Waals surface area contributed by atoms with Crippen molar-refractivity contribution in [1.29, 1.82) is 0 Å². The summed E-state index contributed by atoms with van der Waals surface area (Å²) in [5.41, 5.74) is 16.5. The van der Waals surface area contributed by atoms with Crippen LogP contribution in [0.25, 0.3) is 0 Å². The summed E-state index contributed by atoms with van der Waals surface area (Å²) in [6.07, 6.45) is 2.50. The molecule has 0 heterocycles. The number of aryl methyl sites for hydroxylation is 2. The van der Waals surface area contributed by atoms with Crippen molar-refractivity contribution in [2.24, 2.45) is 21.5 Å². The highest BCUT2D eigenvalue weighted by molar-refractivity contribution is 7.98. The third-order valence-corrected chi connectivity index (χ3v) is 23.8. The summed E-state index contributed by atoms with van der Waals surface area (Å²) < 4.78 is 25.0. The van der Waals surface area contributed by atoms with E-state index in [1.807, 2.05) is 136 Å². The van der Waals surface area contributed by atoms with Crippen molar-refractivity contribution in [3.05, 3.63) is 197 Å². The summed E-state index contributed by atoms with van der Waals surface area (Å²) in [6.45, 7) is 19.0.